The molecule has 0 saturated carbocycles. The van der Waals surface area contributed by atoms with E-state index in [4.69, 9.17) is 4.42 Å². The molecule has 0 unspecified atom stereocenters. The van der Waals surface area contributed by atoms with Crippen LogP contribution in [0.4, 0.5) is 19.2 Å². The van der Waals surface area contributed by atoms with Gasteiger partial charge in [-0.1, -0.05) is 27.1 Å². The first-order chi connectivity index (χ1) is 11.8. The first-order valence-electron chi connectivity index (χ1n) is 6.91. The molecule has 3 aromatic rings. The topological polar surface area (TPSA) is 68.0 Å². The van der Waals surface area contributed by atoms with Crippen molar-refractivity contribution < 1.29 is 22.4 Å². The van der Waals surface area contributed by atoms with Crippen molar-refractivity contribution in [3.8, 4) is 11.5 Å². The largest absolute Gasteiger partial charge is 0.416 e. The summed E-state index contributed by atoms with van der Waals surface area (Å²) in [7, 11) is 0. The molecule has 0 saturated heterocycles. The highest BCUT2D eigenvalue weighted by molar-refractivity contribution is 9.10. The predicted octanol–water partition coefficient (Wildman–Crippen LogP) is 4.77. The fourth-order valence-electron chi connectivity index (χ4n) is 1.99. The Labute approximate surface area is 148 Å². The van der Waals surface area contributed by atoms with Crippen LogP contribution in [-0.4, -0.2) is 16.1 Å². The molecule has 0 bridgehead atoms. The lowest BCUT2D eigenvalue weighted by atomic mass is 10.1. The SMILES string of the molecule is O=C(Nc1nnc(-c2ccc(C(F)(F)F)cc2)o1)c1cccc(Br)c1. The number of carbonyl (C=O) groups excluding carboxylic acids is 1. The van der Waals surface area contributed by atoms with E-state index in [1.165, 1.54) is 12.1 Å². The van der Waals surface area contributed by atoms with Gasteiger partial charge in [0.25, 0.3) is 5.91 Å². The molecule has 2 aromatic carbocycles. The maximum atomic E-state index is 12.6. The number of hydrogen-bond acceptors (Lipinski definition) is 4. The number of halogens is 4. The first kappa shape index (κ1) is 17.2. The van der Waals surface area contributed by atoms with Crippen LogP contribution in [0.2, 0.25) is 0 Å². The summed E-state index contributed by atoms with van der Waals surface area (Å²) >= 11 is 3.26. The van der Waals surface area contributed by atoms with E-state index >= 15 is 0 Å². The zero-order valence-corrected chi connectivity index (χ0v) is 13.9. The number of hydrogen-bond donors (Lipinski definition) is 1. The van der Waals surface area contributed by atoms with E-state index in [0.717, 1.165) is 16.6 Å². The van der Waals surface area contributed by atoms with Gasteiger partial charge in [0.1, 0.15) is 0 Å². The van der Waals surface area contributed by atoms with Crippen LogP contribution in [0.3, 0.4) is 0 Å². The van der Waals surface area contributed by atoms with Crippen LogP contribution >= 0.6 is 15.9 Å². The molecule has 9 heteroatoms. The Morgan fingerprint density at radius 3 is 2.44 bits per heavy atom. The van der Waals surface area contributed by atoms with Gasteiger partial charge in [-0.15, -0.1) is 5.10 Å². The number of alkyl halides is 3. The quantitative estimate of drug-likeness (QED) is 0.673. The summed E-state index contributed by atoms with van der Waals surface area (Å²) in [4.78, 5) is 12.1. The van der Waals surface area contributed by atoms with Crippen molar-refractivity contribution in [2.75, 3.05) is 5.32 Å². The second kappa shape index (κ2) is 6.67. The Kier molecular flexibility index (Phi) is 4.58. The highest BCUT2D eigenvalue weighted by Crippen LogP contribution is 2.31. The second-order valence-corrected chi connectivity index (χ2v) is 5.87. The molecule has 0 radical (unpaired) electrons. The van der Waals surface area contributed by atoms with E-state index in [2.05, 4.69) is 31.4 Å². The lowest BCUT2D eigenvalue weighted by Crippen LogP contribution is -2.11. The average Bonchev–Trinajstić information content (AvgIpc) is 3.02. The highest BCUT2D eigenvalue weighted by atomic mass is 79.9. The molecule has 128 valence electrons. The Morgan fingerprint density at radius 1 is 1.08 bits per heavy atom. The van der Waals surface area contributed by atoms with Crippen LogP contribution in [-0.2, 0) is 6.18 Å². The minimum atomic E-state index is -4.42. The zero-order chi connectivity index (χ0) is 18.0. The molecule has 0 aliphatic heterocycles. The van der Waals surface area contributed by atoms with Gasteiger partial charge >= 0.3 is 12.2 Å². The summed E-state index contributed by atoms with van der Waals surface area (Å²) in [6, 6.07) is 10.8. The molecule has 0 aliphatic carbocycles. The molecular weight excluding hydrogens is 403 g/mol. The predicted molar refractivity (Wildman–Crippen MR) is 86.8 cm³/mol. The number of anilines is 1. The van der Waals surface area contributed by atoms with Crippen molar-refractivity contribution in [1.82, 2.24) is 10.2 Å². The summed E-state index contributed by atoms with van der Waals surface area (Å²) in [6.07, 6.45) is -4.42. The van der Waals surface area contributed by atoms with E-state index in [1.807, 2.05) is 0 Å². The summed E-state index contributed by atoms with van der Waals surface area (Å²) in [5.74, 6) is -0.456. The molecule has 1 N–H and O–H groups in total. The standard InChI is InChI=1S/C16H9BrF3N3O2/c17-12-3-1-2-10(8-12)13(24)21-15-23-22-14(25-15)9-4-6-11(7-5-9)16(18,19)20/h1-8H,(H,21,23,24). The first-order valence-corrected chi connectivity index (χ1v) is 7.70. The van der Waals surface area contributed by atoms with Gasteiger partial charge in [-0.2, -0.15) is 13.2 Å². The van der Waals surface area contributed by atoms with Crippen LogP contribution in [0.25, 0.3) is 11.5 Å². The molecule has 0 aliphatic rings. The molecule has 25 heavy (non-hydrogen) atoms. The van der Waals surface area contributed by atoms with E-state index in [0.29, 0.717) is 11.1 Å². The minimum Gasteiger partial charge on any atom is -0.403 e. The van der Waals surface area contributed by atoms with E-state index in [-0.39, 0.29) is 11.9 Å². The van der Waals surface area contributed by atoms with Crippen molar-refractivity contribution in [2.24, 2.45) is 0 Å². The Balaban J connectivity index is 1.75. The van der Waals surface area contributed by atoms with Gasteiger partial charge in [0.05, 0.1) is 5.56 Å². The van der Waals surface area contributed by atoms with Crippen LogP contribution in [0, 0.1) is 0 Å². The summed E-state index contributed by atoms with van der Waals surface area (Å²) < 4.78 is 43.7. The third kappa shape index (κ3) is 4.05. The van der Waals surface area contributed by atoms with E-state index in [1.54, 1.807) is 24.3 Å². The average molecular weight is 412 g/mol. The summed E-state index contributed by atoms with van der Waals surface area (Å²) in [5.41, 5.74) is -0.0916. The normalized spacial score (nSPS) is 11.4. The van der Waals surface area contributed by atoms with Gasteiger partial charge in [-0.05, 0) is 42.5 Å². The van der Waals surface area contributed by atoms with Crippen LogP contribution in [0.5, 0.6) is 0 Å². The van der Waals surface area contributed by atoms with Gasteiger partial charge in [0.15, 0.2) is 0 Å². The monoisotopic (exact) mass is 411 g/mol. The minimum absolute atomic E-state index is 0.00160. The zero-order valence-electron chi connectivity index (χ0n) is 12.3. The van der Waals surface area contributed by atoms with Crippen molar-refractivity contribution in [2.45, 2.75) is 6.18 Å². The maximum absolute atomic E-state index is 12.6. The van der Waals surface area contributed by atoms with Gasteiger partial charge in [0, 0.05) is 15.6 Å². The molecule has 1 heterocycles. The van der Waals surface area contributed by atoms with Gasteiger partial charge in [-0.3, -0.25) is 10.1 Å². The number of carbonyl (C=O) groups is 1. The number of benzene rings is 2. The van der Waals surface area contributed by atoms with Gasteiger partial charge in [-0.25, -0.2) is 0 Å². The number of nitrogens with one attached hydrogen (secondary N) is 1. The van der Waals surface area contributed by atoms with Crippen molar-refractivity contribution >= 4 is 27.9 Å². The van der Waals surface area contributed by atoms with Crippen molar-refractivity contribution in [3.63, 3.8) is 0 Å². The second-order valence-electron chi connectivity index (χ2n) is 4.95. The number of amides is 1. The molecule has 1 amide bonds. The fraction of sp³-hybridized carbons (Fsp3) is 0.0625. The summed E-state index contributed by atoms with van der Waals surface area (Å²) in [6.45, 7) is 0. The van der Waals surface area contributed by atoms with Gasteiger partial charge < -0.3 is 4.42 Å². The van der Waals surface area contributed by atoms with E-state index < -0.39 is 17.6 Å². The number of nitrogens with zero attached hydrogens (tertiary/aromatic N) is 2. The Hall–Kier alpha value is -2.68. The molecule has 0 atom stereocenters. The third-order valence-corrected chi connectivity index (χ3v) is 3.68. The van der Waals surface area contributed by atoms with Crippen molar-refractivity contribution in [3.05, 3.63) is 64.1 Å². The lowest BCUT2D eigenvalue weighted by molar-refractivity contribution is -0.137. The van der Waals surface area contributed by atoms with Crippen LogP contribution in [0.1, 0.15) is 15.9 Å². The molecule has 0 fully saturated rings. The highest BCUT2D eigenvalue weighted by Gasteiger charge is 2.30. The summed E-state index contributed by atoms with van der Waals surface area (Å²) in [5, 5.41) is 9.82. The fourth-order valence-corrected chi connectivity index (χ4v) is 2.39. The van der Waals surface area contributed by atoms with Crippen LogP contribution < -0.4 is 5.32 Å². The molecule has 3 rings (SSSR count). The molecular formula is C16H9BrF3N3O2. The third-order valence-electron chi connectivity index (χ3n) is 3.19. The number of aromatic nitrogens is 2. The molecule has 0 spiro atoms. The number of rotatable bonds is 3. The molecule has 5 nitrogen and oxygen atoms in total. The Morgan fingerprint density at radius 2 is 1.80 bits per heavy atom. The Bertz CT molecular complexity index is 907. The lowest BCUT2D eigenvalue weighted by Gasteiger charge is -2.05. The smallest absolute Gasteiger partial charge is 0.403 e. The van der Waals surface area contributed by atoms with Crippen molar-refractivity contribution in [1.29, 1.82) is 0 Å². The molecule has 1 aromatic heterocycles. The van der Waals surface area contributed by atoms with Gasteiger partial charge in [0.2, 0.25) is 5.89 Å². The maximum Gasteiger partial charge on any atom is 0.416 e. The van der Waals surface area contributed by atoms with Crippen LogP contribution in [0.15, 0.2) is 57.4 Å². The van der Waals surface area contributed by atoms with E-state index in [9.17, 15) is 18.0 Å².